The minimum atomic E-state index is -0.322. The zero-order valence-corrected chi connectivity index (χ0v) is 16.1. The van der Waals surface area contributed by atoms with E-state index in [1.54, 1.807) is 29.2 Å². The van der Waals surface area contributed by atoms with Crippen molar-refractivity contribution in [3.63, 3.8) is 0 Å². The van der Waals surface area contributed by atoms with Crippen LogP contribution in [0.15, 0.2) is 90.1 Å². The number of hydrogen-bond donors (Lipinski definition) is 1. The van der Waals surface area contributed by atoms with E-state index in [1.807, 2.05) is 42.5 Å². The van der Waals surface area contributed by atoms with Gasteiger partial charge >= 0.3 is 0 Å². The quantitative estimate of drug-likeness (QED) is 0.547. The number of pyridine rings is 1. The van der Waals surface area contributed by atoms with Gasteiger partial charge in [-0.1, -0.05) is 41.9 Å². The van der Waals surface area contributed by atoms with E-state index >= 15 is 0 Å². The predicted octanol–water partition coefficient (Wildman–Crippen LogP) is 3.99. The Bertz CT molecular complexity index is 1220. The number of benzene rings is 2. The molecule has 2 aromatic heterocycles. The van der Waals surface area contributed by atoms with Gasteiger partial charge in [-0.2, -0.15) is 5.10 Å². The van der Waals surface area contributed by atoms with Gasteiger partial charge in [0.1, 0.15) is 0 Å². The monoisotopic (exact) mass is 404 g/mol. The van der Waals surface area contributed by atoms with Crippen LogP contribution >= 0.6 is 11.6 Å². The smallest absolute Gasteiger partial charge is 0.257 e. The number of carbonyl (C=O) groups is 1. The lowest BCUT2D eigenvalue weighted by Gasteiger charge is -2.12. The Hall–Kier alpha value is -3.64. The van der Waals surface area contributed by atoms with Crippen molar-refractivity contribution >= 4 is 23.2 Å². The van der Waals surface area contributed by atoms with Gasteiger partial charge in [0, 0.05) is 29.7 Å². The molecule has 0 saturated heterocycles. The molecular weight excluding hydrogens is 388 g/mol. The maximum absolute atomic E-state index is 12.8. The topological polar surface area (TPSA) is 68.9 Å². The van der Waals surface area contributed by atoms with E-state index in [0.29, 0.717) is 16.3 Å². The number of carbonyl (C=O) groups excluding carboxylic acids is 1. The van der Waals surface area contributed by atoms with Crippen molar-refractivity contribution in [3.05, 3.63) is 112 Å². The lowest BCUT2D eigenvalue weighted by molar-refractivity contribution is 0.102. The second-order valence-corrected chi connectivity index (χ2v) is 6.80. The van der Waals surface area contributed by atoms with Crippen molar-refractivity contribution < 1.29 is 4.79 Å². The van der Waals surface area contributed by atoms with Crippen LogP contribution < -0.4 is 10.9 Å². The fourth-order valence-corrected chi connectivity index (χ4v) is 3.18. The predicted molar refractivity (Wildman–Crippen MR) is 113 cm³/mol. The van der Waals surface area contributed by atoms with Gasteiger partial charge in [-0.25, -0.2) is 4.68 Å². The van der Waals surface area contributed by atoms with E-state index in [1.165, 1.54) is 22.9 Å². The van der Waals surface area contributed by atoms with Gasteiger partial charge in [-0.15, -0.1) is 0 Å². The van der Waals surface area contributed by atoms with E-state index in [0.717, 1.165) is 11.3 Å². The number of nitrogens with one attached hydrogen (secondary N) is 1. The summed E-state index contributed by atoms with van der Waals surface area (Å²) in [7, 11) is 0. The third-order valence-electron chi connectivity index (χ3n) is 4.45. The Morgan fingerprint density at radius 3 is 2.59 bits per heavy atom. The molecule has 0 unspecified atom stereocenters. The SMILES string of the molecule is O=C(Nc1ccccc1-n1cccn1)c1ccc(=O)n(Cc2ccccc2Cl)c1. The van der Waals surface area contributed by atoms with Gasteiger partial charge in [-0.05, 0) is 35.9 Å². The average Bonchev–Trinajstić information content (AvgIpc) is 3.26. The first-order chi connectivity index (χ1) is 14.1. The van der Waals surface area contributed by atoms with Crippen LogP contribution in [0.25, 0.3) is 5.69 Å². The summed E-state index contributed by atoms with van der Waals surface area (Å²) in [5.74, 6) is -0.322. The average molecular weight is 405 g/mol. The van der Waals surface area contributed by atoms with Gasteiger partial charge in [0.05, 0.1) is 23.5 Å². The number of anilines is 1. The second-order valence-electron chi connectivity index (χ2n) is 6.40. The molecule has 0 fully saturated rings. The van der Waals surface area contributed by atoms with Crippen molar-refractivity contribution in [1.82, 2.24) is 14.3 Å². The van der Waals surface area contributed by atoms with Crippen molar-refractivity contribution in [2.75, 3.05) is 5.32 Å². The first-order valence-corrected chi connectivity index (χ1v) is 9.34. The number of rotatable bonds is 5. The largest absolute Gasteiger partial charge is 0.320 e. The molecule has 1 N–H and O–H groups in total. The van der Waals surface area contributed by atoms with Crippen LogP contribution in [0.2, 0.25) is 5.02 Å². The molecule has 2 aromatic carbocycles. The molecule has 2 heterocycles. The van der Waals surface area contributed by atoms with Crippen LogP contribution in [0.3, 0.4) is 0 Å². The molecule has 0 radical (unpaired) electrons. The Morgan fingerprint density at radius 1 is 1.00 bits per heavy atom. The summed E-state index contributed by atoms with van der Waals surface area (Å²) in [5.41, 5.74) is 2.32. The van der Waals surface area contributed by atoms with Gasteiger partial charge in [0.15, 0.2) is 0 Å². The van der Waals surface area contributed by atoms with E-state index in [2.05, 4.69) is 10.4 Å². The first kappa shape index (κ1) is 18.7. The summed E-state index contributed by atoms with van der Waals surface area (Å²) in [4.78, 5) is 25.1. The van der Waals surface area contributed by atoms with E-state index < -0.39 is 0 Å². The molecule has 4 aromatic rings. The summed E-state index contributed by atoms with van der Waals surface area (Å²) >= 11 is 6.20. The summed E-state index contributed by atoms with van der Waals surface area (Å²) < 4.78 is 3.14. The zero-order chi connectivity index (χ0) is 20.2. The molecule has 4 rings (SSSR count). The number of para-hydroxylation sites is 2. The normalized spacial score (nSPS) is 10.7. The zero-order valence-electron chi connectivity index (χ0n) is 15.3. The number of nitrogens with zero attached hydrogens (tertiary/aromatic N) is 3. The highest BCUT2D eigenvalue weighted by Crippen LogP contribution is 2.20. The lowest BCUT2D eigenvalue weighted by atomic mass is 10.2. The molecule has 6 nitrogen and oxygen atoms in total. The number of hydrogen-bond acceptors (Lipinski definition) is 3. The summed E-state index contributed by atoms with van der Waals surface area (Å²) in [6, 6.07) is 19.4. The molecule has 1 amide bonds. The minimum Gasteiger partial charge on any atom is -0.320 e. The molecule has 7 heteroatoms. The molecule has 0 aliphatic rings. The van der Waals surface area contributed by atoms with Crippen LogP contribution in [-0.4, -0.2) is 20.3 Å². The van der Waals surface area contributed by atoms with Crippen LogP contribution in [0.1, 0.15) is 15.9 Å². The Morgan fingerprint density at radius 2 is 1.79 bits per heavy atom. The molecule has 0 spiro atoms. The van der Waals surface area contributed by atoms with Crippen LogP contribution in [0.4, 0.5) is 5.69 Å². The van der Waals surface area contributed by atoms with Gasteiger partial charge < -0.3 is 9.88 Å². The van der Waals surface area contributed by atoms with Crippen molar-refractivity contribution in [2.45, 2.75) is 6.54 Å². The van der Waals surface area contributed by atoms with Crippen LogP contribution in [0, 0.1) is 0 Å². The van der Waals surface area contributed by atoms with Crippen LogP contribution in [0.5, 0.6) is 0 Å². The van der Waals surface area contributed by atoms with Gasteiger partial charge in [0.2, 0.25) is 0 Å². The molecule has 29 heavy (non-hydrogen) atoms. The summed E-state index contributed by atoms with van der Waals surface area (Å²) in [6.45, 7) is 0.281. The molecule has 0 atom stereocenters. The standard InChI is InChI=1S/C22H17ClN4O2/c23-18-7-2-1-6-16(18)14-26-15-17(10-11-21(26)28)22(29)25-19-8-3-4-9-20(19)27-13-5-12-24-27/h1-13,15H,14H2,(H,25,29). The van der Waals surface area contributed by atoms with E-state index in [9.17, 15) is 9.59 Å². The summed E-state index contributed by atoms with van der Waals surface area (Å²) in [6.07, 6.45) is 5.01. The maximum Gasteiger partial charge on any atom is 0.257 e. The lowest BCUT2D eigenvalue weighted by Crippen LogP contribution is -2.23. The molecule has 144 valence electrons. The molecule has 0 aliphatic carbocycles. The number of aromatic nitrogens is 3. The Balaban J connectivity index is 1.61. The van der Waals surface area contributed by atoms with Gasteiger partial charge in [-0.3, -0.25) is 9.59 Å². The Kier molecular flexibility index (Phi) is 5.27. The Labute approximate surface area is 172 Å². The molecule has 0 aliphatic heterocycles. The minimum absolute atomic E-state index is 0.210. The van der Waals surface area contributed by atoms with Crippen molar-refractivity contribution in [3.8, 4) is 5.69 Å². The van der Waals surface area contributed by atoms with Gasteiger partial charge in [0.25, 0.3) is 11.5 Å². The third-order valence-corrected chi connectivity index (χ3v) is 4.82. The highest BCUT2D eigenvalue weighted by atomic mass is 35.5. The summed E-state index contributed by atoms with van der Waals surface area (Å²) in [5, 5.41) is 7.68. The molecule has 0 saturated carbocycles. The first-order valence-electron chi connectivity index (χ1n) is 8.96. The number of halogens is 1. The fraction of sp³-hybridized carbons (Fsp3) is 0.0455. The van der Waals surface area contributed by atoms with E-state index in [4.69, 9.17) is 11.6 Å². The van der Waals surface area contributed by atoms with Crippen molar-refractivity contribution in [2.24, 2.45) is 0 Å². The van der Waals surface area contributed by atoms with E-state index in [-0.39, 0.29) is 18.0 Å². The fourth-order valence-electron chi connectivity index (χ4n) is 2.98. The highest BCUT2D eigenvalue weighted by molar-refractivity contribution is 6.31. The maximum atomic E-state index is 12.8. The van der Waals surface area contributed by atoms with Crippen molar-refractivity contribution in [1.29, 1.82) is 0 Å². The number of amides is 1. The molecular formula is C22H17ClN4O2. The second kappa shape index (κ2) is 8.16. The highest BCUT2D eigenvalue weighted by Gasteiger charge is 2.12. The van der Waals surface area contributed by atoms with Crippen LogP contribution in [-0.2, 0) is 6.54 Å². The third kappa shape index (κ3) is 4.12. The molecule has 0 bridgehead atoms.